The normalized spacial score (nSPS) is 32.0. The summed E-state index contributed by atoms with van der Waals surface area (Å²) in [5.41, 5.74) is 0. The number of halogens is 2. The molecule has 1 heterocycles. The van der Waals surface area contributed by atoms with Crippen molar-refractivity contribution in [3.8, 4) is 5.75 Å². The SMILES string of the molecule is OC[C@@H]1[C@@H](O)[C@H](O)[C@@H](O)C(O)N1CCOc1ccc(Cl)cc1Cl. The Labute approximate surface area is 143 Å². The third-order valence-electron chi connectivity index (χ3n) is 3.85. The lowest BCUT2D eigenvalue weighted by atomic mass is 9.93. The van der Waals surface area contributed by atoms with Crippen LogP contribution < -0.4 is 4.74 Å². The standard InChI is InChI=1S/C14H19Cl2NO6/c15-7-1-2-10(8(16)5-7)23-4-3-17-9(6-18)11(19)12(20)13(21)14(17)22/h1-2,5,9,11-14,18-22H,3-4,6H2/t9-,11-,12+,13-,14?/m1/s1. The summed E-state index contributed by atoms with van der Waals surface area (Å²) in [6.45, 7) is -0.333. The highest BCUT2D eigenvalue weighted by molar-refractivity contribution is 6.35. The van der Waals surface area contributed by atoms with E-state index in [0.717, 1.165) is 0 Å². The van der Waals surface area contributed by atoms with E-state index in [1.165, 1.54) is 11.0 Å². The molecule has 23 heavy (non-hydrogen) atoms. The monoisotopic (exact) mass is 367 g/mol. The highest BCUT2D eigenvalue weighted by Gasteiger charge is 2.46. The van der Waals surface area contributed by atoms with Gasteiger partial charge in [0.05, 0.1) is 17.7 Å². The van der Waals surface area contributed by atoms with Crippen LogP contribution in [0.5, 0.6) is 5.75 Å². The Hall–Kier alpha value is -0.640. The molecule has 5 atom stereocenters. The molecule has 2 rings (SSSR count). The van der Waals surface area contributed by atoms with Gasteiger partial charge in [0, 0.05) is 11.6 Å². The van der Waals surface area contributed by atoms with Crippen LogP contribution in [0.1, 0.15) is 0 Å². The molecule has 1 aliphatic heterocycles. The average molecular weight is 368 g/mol. The van der Waals surface area contributed by atoms with Crippen LogP contribution in [0.3, 0.4) is 0 Å². The van der Waals surface area contributed by atoms with Gasteiger partial charge in [-0.25, -0.2) is 0 Å². The van der Waals surface area contributed by atoms with Crippen molar-refractivity contribution in [2.24, 2.45) is 0 Å². The number of ether oxygens (including phenoxy) is 1. The Morgan fingerprint density at radius 3 is 2.35 bits per heavy atom. The third kappa shape index (κ3) is 4.07. The Morgan fingerprint density at radius 2 is 1.74 bits per heavy atom. The van der Waals surface area contributed by atoms with Crippen LogP contribution in [-0.2, 0) is 0 Å². The molecule has 5 N–H and O–H groups in total. The number of benzene rings is 1. The maximum atomic E-state index is 10.0. The largest absolute Gasteiger partial charge is 0.491 e. The van der Waals surface area contributed by atoms with E-state index in [1.54, 1.807) is 12.1 Å². The predicted molar refractivity (Wildman–Crippen MR) is 83.6 cm³/mol. The van der Waals surface area contributed by atoms with Crippen LogP contribution in [0.2, 0.25) is 10.0 Å². The first kappa shape index (κ1) is 18.7. The van der Waals surface area contributed by atoms with Crippen LogP contribution in [-0.4, -0.2) is 80.8 Å². The van der Waals surface area contributed by atoms with Gasteiger partial charge in [0.1, 0.15) is 36.9 Å². The van der Waals surface area contributed by atoms with Gasteiger partial charge in [-0.05, 0) is 18.2 Å². The fourth-order valence-electron chi connectivity index (χ4n) is 2.56. The first-order valence-corrected chi connectivity index (χ1v) is 7.79. The molecule has 1 aromatic carbocycles. The number of hydrogen-bond acceptors (Lipinski definition) is 7. The molecule has 0 radical (unpaired) electrons. The number of likely N-dealkylation sites (tertiary alicyclic amines) is 1. The molecule has 1 aliphatic rings. The quantitative estimate of drug-likeness (QED) is 0.474. The van der Waals surface area contributed by atoms with Crippen molar-refractivity contribution < 1.29 is 30.3 Å². The molecular weight excluding hydrogens is 349 g/mol. The molecule has 0 amide bonds. The second kappa shape index (κ2) is 7.96. The first-order valence-electron chi connectivity index (χ1n) is 7.03. The topological polar surface area (TPSA) is 114 Å². The molecule has 1 aromatic rings. The van der Waals surface area contributed by atoms with Crippen molar-refractivity contribution in [3.05, 3.63) is 28.2 Å². The van der Waals surface area contributed by atoms with E-state index in [0.29, 0.717) is 15.8 Å². The van der Waals surface area contributed by atoms with Crippen LogP contribution in [0.15, 0.2) is 18.2 Å². The van der Waals surface area contributed by atoms with Crippen molar-refractivity contribution in [3.63, 3.8) is 0 Å². The minimum Gasteiger partial charge on any atom is -0.491 e. The average Bonchev–Trinajstić information content (AvgIpc) is 2.52. The van der Waals surface area contributed by atoms with Gasteiger partial charge >= 0.3 is 0 Å². The van der Waals surface area contributed by atoms with Crippen LogP contribution in [0.4, 0.5) is 0 Å². The van der Waals surface area contributed by atoms with Gasteiger partial charge in [-0.2, -0.15) is 0 Å². The van der Waals surface area contributed by atoms with E-state index in [-0.39, 0.29) is 13.2 Å². The second-order valence-electron chi connectivity index (χ2n) is 5.30. The lowest BCUT2D eigenvalue weighted by Gasteiger charge is -2.46. The summed E-state index contributed by atoms with van der Waals surface area (Å²) in [6, 6.07) is 3.80. The van der Waals surface area contributed by atoms with Gasteiger partial charge < -0.3 is 30.3 Å². The smallest absolute Gasteiger partial charge is 0.138 e. The predicted octanol–water partition coefficient (Wildman–Crippen LogP) is -0.550. The highest BCUT2D eigenvalue weighted by Crippen LogP contribution is 2.28. The van der Waals surface area contributed by atoms with Crippen LogP contribution >= 0.6 is 23.2 Å². The maximum Gasteiger partial charge on any atom is 0.138 e. The third-order valence-corrected chi connectivity index (χ3v) is 4.38. The van der Waals surface area contributed by atoms with Crippen molar-refractivity contribution in [2.45, 2.75) is 30.6 Å². The van der Waals surface area contributed by atoms with E-state index >= 15 is 0 Å². The number of piperidine rings is 1. The Kier molecular flexibility index (Phi) is 6.47. The van der Waals surface area contributed by atoms with E-state index in [4.69, 9.17) is 27.9 Å². The minimum atomic E-state index is -1.55. The maximum absolute atomic E-state index is 10.0. The van der Waals surface area contributed by atoms with Gasteiger partial charge in [-0.15, -0.1) is 0 Å². The summed E-state index contributed by atoms with van der Waals surface area (Å²) in [5, 5.41) is 49.4. The summed E-state index contributed by atoms with van der Waals surface area (Å²) in [6.07, 6.45) is -5.91. The molecule has 0 aromatic heterocycles. The summed E-state index contributed by atoms with van der Waals surface area (Å²) >= 11 is 11.8. The summed E-state index contributed by atoms with van der Waals surface area (Å²) < 4.78 is 5.48. The molecule has 0 aliphatic carbocycles. The summed E-state index contributed by atoms with van der Waals surface area (Å²) in [7, 11) is 0. The summed E-state index contributed by atoms with van der Waals surface area (Å²) in [4.78, 5) is 1.27. The van der Waals surface area contributed by atoms with Crippen molar-refractivity contribution >= 4 is 23.2 Å². The Balaban J connectivity index is 2.00. The molecule has 9 heteroatoms. The number of nitrogens with zero attached hydrogens (tertiary/aromatic N) is 1. The fourth-order valence-corrected chi connectivity index (χ4v) is 3.02. The molecule has 130 valence electrons. The first-order chi connectivity index (χ1) is 10.9. The van der Waals surface area contributed by atoms with Crippen LogP contribution in [0.25, 0.3) is 0 Å². The lowest BCUT2D eigenvalue weighted by Crippen LogP contribution is -2.67. The molecule has 0 spiro atoms. The Morgan fingerprint density at radius 1 is 1.04 bits per heavy atom. The van der Waals surface area contributed by atoms with E-state index in [9.17, 15) is 25.5 Å². The van der Waals surface area contributed by atoms with E-state index in [1.807, 2.05) is 0 Å². The van der Waals surface area contributed by atoms with Gasteiger partial charge in [0.25, 0.3) is 0 Å². The fraction of sp³-hybridized carbons (Fsp3) is 0.571. The molecule has 1 fully saturated rings. The Bertz CT molecular complexity index is 534. The number of aliphatic hydroxyl groups excluding tert-OH is 5. The van der Waals surface area contributed by atoms with Gasteiger partial charge in [0.2, 0.25) is 0 Å². The number of rotatable bonds is 5. The van der Waals surface area contributed by atoms with E-state index < -0.39 is 37.2 Å². The second-order valence-corrected chi connectivity index (χ2v) is 6.14. The zero-order chi connectivity index (χ0) is 17.1. The number of aliphatic hydroxyl groups is 5. The molecule has 0 saturated carbocycles. The van der Waals surface area contributed by atoms with Crippen molar-refractivity contribution in [1.29, 1.82) is 0 Å². The number of hydrogen-bond donors (Lipinski definition) is 5. The molecule has 0 bridgehead atoms. The van der Waals surface area contributed by atoms with Crippen LogP contribution in [0, 0.1) is 0 Å². The van der Waals surface area contributed by atoms with Gasteiger partial charge in [-0.3, -0.25) is 4.90 Å². The van der Waals surface area contributed by atoms with Crippen molar-refractivity contribution in [1.82, 2.24) is 4.90 Å². The lowest BCUT2D eigenvalue weighted by molar-refractivity contribution is -0.223. The zero-order valence-electron chi connectivity index (χ0n) is 12.1. The minimum absolute atomic E-state index is 0.0739. The zero-order valence-corrected chi connectivity index (χ0v) is 13.6. The van der Waals surface area contributed by atoms with Crippen molar-refractivity contribution in [2.75, 3.05) is 19.8 Å². The molecule has 1 saturated heterocycles. The molecule has 7 nitrogen and oxygen atoms in total. The molecular formula is C14H19Cl2NO6. The summed E-state index contributed by atoms with van der Waals surface area (Å²) in [5.74, 6) is 0.393. The van der Waals surface area contributed by atoms with Gasteiger partial charge in [-0.1, -0.05) is 23.2 Å². The van der Waals surface area contributed by atoms with E-state index in [2.05, 4.69) is 0 Å². The molecule has 1 unspecified atom stereocenters. The highest BCUT2D eigenvalue weighted by atomic mass is 35.5. The van der Waals surface area contributed by atoms with Gasteiger partial charge in [0.15, 0.2) is 0 Å².